The van der Waals surface area contributed by atoms with Crippen LogP contribution in [0.4, 0.5) is 0 Å². The number of aromatic nitrogens is 1. The number of rotatable bonds is 4. The van der Waals surface area contributed by atoms with Crippen LogP contribution in [0.5, 0.6) is 0 Å². The fourth-order valence-electron chi connectivity index (χ4n) is 2.80. The Kier molecular flexibility index (Phi) is 5.00. The fraction of sp³-hybridized carbons (Fsp3) is 0.562. The summed E-state index contributed by atoms with van der Waals surface area (Å²) in [6.45, 7) is 3.06. The summed E-state index contributed by atoms with van der Waals surface area (Å²) in [6.07, 6.45) is 4.84. The van der Waals surface area contributed by atoms with Crippen LogP contribution >= 0.6 is 0 Å². The van der Waals surface area contributed by atoms with Crippen molar-refractivity contribution in [2.24, 2.45) is 0 Å². The van der Waals surface area contributed by atoms with Crippen molar-refractivity contribution in [2.75, 3.05) is 6.54 Å². The first-order valence-corrected chi connectivity index (χ1v) is 7.68. The Morgan fingerprint density at radius 3 is 2.59 bits per heavy atom. The number of carbonyl (C=O) groups is 2. The van der Waals surface area contributed by atoms with Crippen molar-refractivity contribution in [3.8, 4) is 0 Å². The maximum Gasteiger partial charge on any atom is 0.323 e. The van der Waals surface area contributed by atoms with Crippen LogP contribution in [0.3, 0.4) is 0 Å². The maximum atomic E-state index is 12.6. The first-order chi connectivity index (χ1) is 10.4. The third kappa shape index (κ3) is 3.55. The highest BCUT2D eigenvalue weighted by atomic mass is 16.4. The molecule has 2 N–H and O–H groups in total. The minimum Gasteiger partial charge on any atom is -0.480 e. The first kappa shape index (κ1) is 16.3. The standard InChI is InChI=1S/C16H22N2O4/c1-10(2)18(9-14(19)20)16(22)12-8-11-6-4-3-5-7-13(11)17-15(12)21/h8,10H,3-7,9H2,1-2H3,(H,17,21)(H,19,20). The third-order valence-electron chi connectivity index (χ3n) is 4.01. The lowest BCUT2D eigenvalue weighted by Gasteiger charge is -2.24. The summed E-state index contributed by atoms with van der Waals surface area (Å²) in [5.41, 5.74) is 1.52. The first-order valence-electron chi connectivity index (χ1n) is 7.68. The molecule has 2 rings (SSSR count). The van der Waals surface area contributed by atoms with Gasteiger partial charge in [0.1, 0.15) is 12.1 Å². The van der Waals surface area contributed by atoms with E-state index in [1.807, 2.05) is 0 Å². The number of H-pyrrole nitrogens is 1. The molecule has 0 bridgehead atoms. The Morgan fingerprint density at radius 2 is 1.95 bits per heavy atom. The van der Waals surface area contributed by atoms with Crippen LogP contribution in [-0.2, 0) is 17.6 Å². The number of aromatic amines is 1. The molecule has 0 saturated heterocycles. The molecule has 1 aromatic heterocycles. The number of nitrogens with zero attached hydrogens (tertiary/aromatic N) is 1. The number of pyridine rings is 1. The number of carbonyl (C=O) groups excluding carboxylic acids is 1. The number of carboxylic acid groups (broad SMARTS) is 1. The van der Waals surface area contributed by atoms with E-state index >= 15 is 0 Å². The van der Waals surface area contributed by atoms with E-state index in [0.717, 1.165) is 43.4 Å². The van der Waals surface area contributed by atoms with E-state index in [1.165, 1.54) is 4.90 Å². The molecule has 0 aromatic carbocycles. The number of aliphatic carboxylic acids is 1. The molecule has 6 heteroatoms. The highest BCUT2D eigenvalue weighted by Gasteiger charge is 2.25. The zero-order valence-corrected chi connectivity index (χ0v) is 13.0. The maximum absolute atomic E-state index is 12.6. The summed E-state index contributed by atoms with van der Waals surface area (Å²) in [7, 11) is 0. The second kappa shape index (κ2) is 6.77. The van der Waals surface area contributed by atoms with E-state index in [1.54, 1.807) is 19.9 Å². The molecule has 1 aliphatic carbocycles. The average molecular weight is 306 g/mol. The van der Waals surface area contributed by atoms with E-state index in [-0.39, 0.29) is 11.6 Å². The number of hydrogen-bond acceptors (Lipinski definition) is 3. The summed E-state index contributed by atoms with van der Waals surface area (Å²) in [6, 6.07) is 1.36. The quantitative estimate of drug-likeness (QED) is 0.826. The lowest BCUT2D eigenvalue weighted by Crippen LogP contribution is -2.42. The molecule has 0 saturated carbocycles. The van der Waals surface area contributed by atoms with Gasteiger partial charge in [-0.05, 0) is 51.2 Å². The molecular formula is C16H22N2O4. The smallest absolute Gasteiger partial charge is 0.323 e. The van der Waals surface area contributed by atoms with E-state index < -0.39 is 24.0 Å². The second-order valence-corrected chi connectivity index (χ2v) is 6.00. The minimum atomic E-state index is -1.09. The van der Waals surface area contributed by atoms with Gasteiger partial charge in [-0.3, -0.25) is 14.4 Å². The van der Waals surface area contributed by atoms with Crippen LogP contribution in [0.2, 0.25) is 0 Å². The number of amides is 1. The number of aryl methyl sites for hydroxylation is 2. The van der Waals surface area contributed by atoms with Crippen molar-refractivity contribution in [1.29, 1.82) is 0 Å². The van der Waals surface area contributed by atoms with E-state index in [9.17, 15) is 14.4 Å². The molecule has 120 valence electrons. The molecule has 6 nitrogen and oxygen atoms in total. The van der Waals surface area contributed by atoms with Gasteiger partial charge in [0.25, 0.3) is 11.5 Å². The second-order valence-electron chi connectivity index (χ2n) is 6.00. The molecule has 0 aliphatic heterocycles. The van der Waals surface area contributed by atoms with Gasteiger partial charge in [-0.1, -0.05) is 6.42 Å². The van der Waals surface area contributed by atoms with Gasteiger partial charge in [0, 0.05) is 11.7 Å². The molecule has 22 heavy (non-hydrogen) atoms. The van der Waals surface area contributed by atoms with Crippen molar-refractivity contribution in [2.45, 2.75) is 52.0 Å². The summed E-state index contributed by atoms with van der Waals surface area (Å²) in [4.78, 5) is 39.7. The number of hydrogen-bond donors (Lipinski definition) is 2. The van der Waals surface area contributed by atoms with Gasteiger partial charge in [0.15, 0.2) is 0 Å². The van der Waals surface area contributed by atoms with Crippen LogP contribution in [0, 0.1) is 0 Å². The predicted molar refractivity (Wildman–Crippen MR) is 82.1 cm³/mol. The lowest BCUT2D eigenvalue weighted by atomic mass is 10.1. The monoisotopic (exact) mass is 306 g/mol. The predicted octanol–water partition coefficient (Wildman–Crippen LogP) is 1.58. The van der Waals surface area contributed by atoms with Crippen molar-refractivity contribution < 1.29 is 14.7 Å². The van der Waals surface area contributed by atoms with Gasteiger partial charge < -0.3 is 15.0 Å². The van der Waals surface area contributed by atoms with Crippen LogP contribution in [0.1, 0.15) is 54.7 Å². The topological polar surface area (TPSA) is 90.5 Å². The van der Waals surface area contributed by atoms with Crippen molar-refractivity contribution >= 4 is 11.9 Å². The SMILES string of the molecule is CC(C)N(CC(=O)O)C(=O)c1cc2c([nH]c1=O)CCCCC2. The molecule has 0 atom stereocenters. The molecule has 0 unspecified atom stereocenters. The van der Waals surface area contributed by atoms with E-state index in [4.69, 9.17) is 5.11 Å². The summed E-state index contributed by atoms with van der Waals surface area (Å²) in [5.74, 6) is -1.61. The number of carboxylic acids is 1. The molecule has 1 amide bonds. The molecule has 0 spiro atoms. The Labute approximate surface area is 129 Å². The van der Waals surface area contributed by atoms with Crippen LogP contribution in [0.15, 0.2) is 10.9 Å². The van der Waals surface area contributed by atoms with E-state index in [2.05, 4.69) is 4.98 Å². The summed E-state index contributed by atoms with van der Waals surface area (Å²) in [5, 5.41) is 8.95. The van der Waals surface area contributed by atoms with Gasteiger partial charge in [0.2, 0.25) is 0 Å². The van der Waals surface area contributed by atoms with E-state index in [0.29, 0.717) is 0 Å². The Morgan fingerprint density at radius 1 is 1.27 bits per heavy atom. The van der Waals surface area contributed by atoms with Crippen molar-refractivity contribution in [3.63, 3.8) is 0 Å². The Bertz CT molecular complexity index is 634. The van der Waals surface area contributed by atoms with Gasteiger partial charge in [-0.15, -0.1) is 0 Å². The number of fused-ring (bicyclic) bond motifs is 1. The molecule has 1 heterocycles. The summed E-state index contributed by atoms with van der Waals surface area (Å²) >= 11 is 0. The third-order valence-corrected chi connectivity index (χ3v) is 4.01. The van der Waals surface area contributed by atoms with Crippen molar-refractivity contribution in [1.82, 2.24) is 9.88 Å². The van der Waals surface area contributed by atoms with Gasteiger partial charge in [0.05, 0.1) is 0 Å². The Balaban J connectivity index is 2.38. The van der Waals surface area contributed by atoms with Crippen LogP contribution in [-0.4, -0.2) is 39.5 Å². The highest BCUT2D eigenvalue weighted by Crippen LogP contribution is 2.19. The fourth-order valence-corrected chi connectivity index (χ4v) is 2.80. The van der Waals surface area contributed by atoms with Gasteiger partial charge in [-0.2, -0.15) is 0 Å². The average Bonchev–Trinajstić information content (AvgIpc) is 2.67. The van der Waals surface area contributed by atoms with Crippen LogP contribution < -0.4 is 5.56 Å². The molecular weight excluding hydrogens is 284 g/mol. The Hall–Kier alpha value is -2.11. The molecule has 1 aliphatic rings. The van der Waals surface area contributed by atoms with Gasteiger partial charge >= 0.3 is 5.97 Å². The molecule has 0 fully saturated rings. The molecule has 1 aromatic rings. The normalized spacial score (nSPS) is 14.3. The highest BCUT2D eigenvalue weighted by molar-refractivity contribution is 5.95. The largest absolute Gasteiger partial charge is 0.480 e. The zero-order chi connectivity index (χ0) is 16.3. The molecule has 0 radical (unpaired) electrons. The number of nitrogens with one attached hydrogen (secondary N) is 1. The minimum absolute atomic E-state index is 0.0376. The van der Waals surface area contributed by atoms with Crippen LogP contribution in [0.25, 0.3) is 0 Å². The zero-order valence-electron chi connectivity index (χ0n) is 13.0. The van der Waals surface area contributed by atoms with Crippen molar-refractivity contribution in [3.05, 3.63) is 33.2 Å². The summed E-state index contributed by atoms with van der Waals surface area (Å²) < 4.78 is 0. The van der Waals surface area contributed by atoms with Gasteiger partial charge in [-0.25, -0.2) is 0 Å². The lowest BCUT2D eigenvalue weighted by molar-refractivity contribution is -0.138.